The second kappa shape index (κ2) is 8.43. The highest BCUT2D eigenvalue weighted by atomic mass is 35.5. The van der Waals surface area contributed by atoms with Crippen LogP contribution in [0.4, 0.5) is 5.69 Å². The van der Waals surface area contributed by atoms with E-state index in [1.165, 1.54) is 0 Å². The van der Waals surface area contributed by atoms with E-state index in [2.05, 4.69) is 10.6 Å². The summed E-state index contributed by atoms with van der Waals surface area (Å²) in [7, 11) is 0. The Hall–Kier alpha value is -3.57. The molecule has 4 rings (SSSR count). The van der Waals surface area contributed by atoms with Gasteiger partial charge in [-0.3, -0.25) is 9.59 Å². The summed E-state index contributed by atoms with van der Waals surface area (Å²) in [6.45, 7) is 2.43. The molecule has 0 atom stereocenters. The van der Waals surface area contributed by atoms with Gasteiger partial charge in [-0.1, -0.05) is 48.0 Å². The average Bonchev–Trinajstić information content (AvgIpc) is 2.74. The van der Waals surface area contributed by atoms with E-state index in [9.17, 15) is 9.59 Å². The summed E-state index contributed by atoms with van der Waals surface area (Å²) in [5.74, 6) is 0.0413. The van der Waals surface area contributed by atoms with Gasteiger partial charge in [-0.15, -0.1) is 0 Å². The molecule has 5 nitrogen and oxygen atoms in total. The molecule has 6 heteroatoms. The van der Waals surface area contributed by atoms with Crippen LogP contribution in [0.15, 0.2) is 72.5 Å². The second-order valence-corrected chi connectivity index (χ2v) is 7.37. The van der Waals surface area contributed by atoms with Crippen LogP contribution in [-0.4, -0.2) is 11.8 Å². The topological polar surface area (TPSA) is 67.4 Å². The van der Waals surface area contributed by atoms with Crippen molar-refractivity contribution < 1.29 is 14.3 Å². The third-order valence-corrected chi connectivity index (χ3v) is 5.05. The monoisotopic (exact) mass is 418 g/mol. The maximum absolute atomic E-state index is 12.5. The van der Waals surface area contributed by atoms with Crippen molar-refractivity contribution in [3.8, 4) is 5.75 Å². The quantitative estimate of drug-likeness (QED) is 0.589. The van der Waals surface area contributed by atoms with Crippen LogP contribution < -0.4 is 15.4 Å². The van der Waals surface area contributed by atoms with E-state index in [1.54, 1.807) is 48.5 Å². The summed E-state index contributed by atoms with van der Waals surface area (Å²) in [5.41, 5.74) is 3.86. The summed E-state index contributed by atoms with van der Waals surface area (Å²) in [6, 6.07) is 19.9. The van der Waals surface area contributed by atoms with Gasteiger partial charge < -0.3 is 15.4 Å². The first kappa shape index (κ1) is 19.7. The number of anilines is 1. The van der Waals surface area contributed by atoms with Crippen LogP contribution in [0.2, 0.25) is 5.02 Å². The number of benzene rings is 3. The van der Waals surface area contributed by atoms with Crippen LogP contribution >= 0.6 is 11.6 Å². The summed E-state index contributed by atoms with van der Waals surface area (Å²) in [5, 5.41) is 6.30. The normalized spacial score (nSPS) is 13.9. The Morgan fingerprint density at radius 1 is 1.10 bits per heavy atom. The molecule has 2 N–H and O–H groups in total. The maximum atomic E-state index is 12.5. The zero-order chi connectivity index (χ0) is 21.1. The molecule has 30 heavy (non-hydrogen) atoms. The van der Waals surface area contributed by atoms with E-state index in [4.69, 9.17) is 16.3 Å². The van der Waals surface area contributed by atoms with Gasteiger partial charge >= 0.3 is 0 Å². The molecule has 1 heterocycles. The van der Waals surface area contributed by atoms with Crippen molar-refractivity contribution >= 4 is 35.2 Å². The van der Waals surface area contributed by atoms with E-state index >= 15 is 0 Å². The second-order valence-electron chi connectivity index (χ2n) is 6.94. The minimum absolute atomic E-state index is 0.168. The number of carbonyl (C=O) groups excluding carboxylic acids is 2. The van der Waals surface area contributed by atoms with Crippen molar-refractivity contribution in [3.63, 3.8) is 0 Å². The number of nitrogens with one attached hydrogen (secondary N) is 2. The van der Waals surface area contributed by atoms with Gasteiger partial charge in [-0.05, 0) is 60.0 Å². The van der Waals surface area contributed by atoms with E-state index < -0.39 is 0 Å². The lowest BCUT2D eigenvalue weighted by atomic mass is 10.1. The van der Waals surface area contributed by atoms with Crippen molar-refractivity contribution in [3.05, 3.63) is 99.8 Å². The molecule has 0 saturated carbocycles. The molecule has 0 aliphatic carbocycles. The number of aryl methyl sites for hydroxylation is 1. The fraction of sp³-hybridized carbons (Fsp3) is 0.0833. The standard InChI is InChI=1S/C24H19ClN2O3/c1-15-4-2-3-5-18(15)14-26-23(28)17-8-11-21-20(13-17)27-24(29)22(30-21)12-16-6-9-19(25)10-7-16/h2-13H,14H2,1H3,(H,26,28)(H,27,29). The highest BCUT2D eigenvalue weighted by Crippen LogP contribution is 2.32. The number of amides is 2. The summed E-state index contributed by atoms with van der Waals surface area (Å²) >= 11 is 5.89. The number of hydrogen-bond donors (Lipinski definition) is 2. The Bertz CT molecular complexity index is 1150. The van der Waals surface area contributed by atoms with Crippen LogP contribution in [0.1, 0.15) is 27.0 Å². The highest BCUT2D eigenvalue weighted by Gasteiger charge is 2.23. The molecule has 0 aromatic heterocycles. The molecule has 0 radical (unpaired) electrons. The van der Waals surface area contributed by atoms with Gasteiger partial charge in [-0.25, -0.2) is 0 Å². The lowest BCUT2D eigenvalue weighted by Gasteiger charge is -2.20. The van der Waals surface area contributed by atoms with Gasteiger partial charge in [0.25, 0.3) is 11.8 Å². The van der Waals surface area contributed by atoms with Crippen molar-refractivity contribution in [1.82, 2.24) is 5.32 Å². The predicted molar refractivity (Wildman–Crippen MR) is 117 cm³/mol. The molecule has 1 aliphatic heterocycles. The van der Waals surface area contributed by atoms with E-state index in [-0.39, 0.29) is 17.6 Å². The Morgan fingerprint density at radius 2 is 1.87 bits per heavy atom. The smallest absolute Gasteiger partial charge is 0.291 e. The zero-order valence-electron chi connectivity index (χ0n) is 16.2. The first-order valence-corrected chi connectivity index (χ1v) is 9.80. The SMILES string of the molecule is Cc1ccccc1CNC(=O)c1ccc2c(c1)NC(=O)C(=Cc1ccc(Cl)cc1)O2. The number of halogens is 1. The Labute approximate surface area is 179 Å². The minimum Gasteiger partial charge on any atom is -0.449 e. The Kier molecular flexibility index (Phi) is 5.55. The summed E-state index contributed by atoms with van der Waals surface area (Å²) in [6.07, 6.45) is 1.64. The summed E-state index contributed by atoms with van der Waals surface area (Å²) < 4.78 is 5.74. The molecule has 1 aliphatic rings. The number of rotatable bonds is 4. The Morgan fingerprint density at radius 3 is 2.63 bits per heavy atom. The molecule has 0 fully saturated rings. The number of fused-ring (bicyclic) bond motifs is 1. The van der Waals surface area contributed by atoms with Crippen molar-refractivity contribution in [1.29, 1.82) is 0 Å². The van der Waals surface area contributed by atoms with Crippen molar-refractivity contribution in [2.45, 2.75) is 13.5 Å². The van der Waals surface area contributed by atoms with Crippen LogP contribution in [0, 0.1) is 6.92 Å². The molecule has 150 valence electrons. The van der Waals surface area contributed by atoms with Crippen LogP contribution in [0.3, 0.4) is 0 Å². The molecule has 3 aromatic rings. The maximum Gasteiger partial charge on any atom is 0.291 e. The van der Waals surface area contributed by atoms with E-state index in [0.29, 0.717) is 28.6 Å². The first-order chi connectivity index (χ1) is 14.5. The fourth-order valence-electron chi connectivity index (χ4n) is 3.10. The number of carbonyl (C=O) groups is 2. The highest BCUT2D eigenvalue weighted by molar-refractivity contribution is 6.30. The molecule has 0 saturated heterocycles. The summed E-state index contributed by atoms with van der Waals surface area (Å²) in [4.78, 5) is 25.0. The lowest BCUT2D eigenvalue weighted by Crippen LogP contribution is -2.26. The average molecular weight is 419 g/mol. The zero-order valence-corrected chi connectivity index (χ0v) is 17.0. The van der Waals surface area contributed by atoms with Gasteiger partial charge in [0.1, 0.15) is 0 Å². The molecule has 2 amide bonds. The van der Waals surface area contributed by atoms with Gasteiger partial charge in [0.2, 0.25) is 0 Å². The molecular formula is C24H19ClN2O3. The Balaban J connectivity index is 1.48. The molecule has 0 unspecified atom stereocenters. The lowest BCUT2D eigenvalue weighted by molar-refractivity contribution is -0.115. The predicted octanol–water partition coefficient (Wildman–Crippen LogP) is 4.95. The number of hydrogen-bond acceptors (Lipinski definition) is 3. The fourth-order valence-corrected chi connectivity index (χ4v) is 3.22. The van der Waals surface area contributed by atoms with Gasteiger partial charge in [0.15, 0.2) is 11.5 Å². The van der Waals surface area contributed by atoms with Crippen molar-refractivity contribution in [2.75, 3.05) is 5.32 Å². The van der Waals surface area contributed by atoms with E-state index in [1.807, 2.05) is 31.2 Å². The molecule has 0 bridgehead atoms. The third-order valence-electron chi connectivity index (χ3n) is 4.80. The number of ether oxygens (including phenoxy) is 1. The van der Waals surface area contributed by atoms with Gasteiger partial charge in [0.05, 0.1) is 5.69 Å². The first-order valence-electron chi connectivity index (χ1n) is 9.43. The minimum atomic E-state index is -0.380. The van der Waals surface area contributed by atoms with E-state index in [0.717, 1.165) is 16.7 Å². The third kappa shape index (κ3) is 4.36. The van der Waals surface area contributed by atoms with Crippen LogP contribution in [0.25, 0.3) is 6.08 Å². The molecule has 0 spiro atoms. The van der Waals surface area contributed by atoms with Gasteiger partial charge in [0, 0.05) is 17.1 Å². The van der Waals surface area contributed by atoms with Crippen LogP contribution in [0.5, 0.6) is 5.75 Å². The van der Waals surface area contributed by atoms with Gasteiger partial charge in [-0.2, -0.15) is 0 Å². The van der Waals surface area contributed by atoms with Crippen LogP contribution in [-0.2, 0) is 11.3 Å². The molecular weight excluding hydrogens is 400 g/mol. The largest absolute Gasteiger partial charge is 0.449 e. The molecule has 3 aromatic carbocycles. The van der Waals surface area contributed by atoms with Crippen molar-refractivity contribution in [2.24, 2.45) is 0 Å².